The smallest absolute Gasteiger partial charge is 0.222 e. The highest BCUT2D eigenvalue weighted by Gasteiger charge is 2.23. The predicted molar refractivity (Wildman–Crippen MR) is 119 cm³/mol. The molecule has 0 radical (unpaired) electrons. The molecule has 1 aliphatic heterocycles. The van der Waals surface area contributed by atoms with Crippen LogP contribution in [0.1, 0.15) is 50.5 Å². The number of amides is 1. The van der Waals surface area contributed by atoms with Gasteiger partial charge in [0.2, 0.25) is 5.91 Å². The zero-order valence-electron chi connectivity index (χ0n) is 17.9. The van der Waals surface area contributed by atoms with Gasteiger partial charge in [0.05, 0.1) is 0 Å². The van der Waals surface area contributed by atoms with Gasteiger partial charge in [-0.3, -0.25) is 4.79 Å². The highest BCUT2D eigenvalue weighted by atomic mass is 16.2. The SMILES string of the molecule is Cc1ccnc(Nc2ccc(N3CCN(C(=O)CCC4CCCCC4)CC3)nn2)c1. The van der Waals surface area contributed by atoms with E-state index in [0.29, 0.717) is 18.1 Å². The summed E-state index contributed by atoms with van der Waals surface area (Å²) in [7, 11) is 0. The third-order valence-electron chi connectivity index (χ3n) is 6.27. The van der Waals surface area contributed by atoms with E-state index in [1.807, 2.05) is 36.1 Å². The molecule has 7 heteroatoms. The molecule has 1 saturated heterocycles. The van der Waals surface area contributed by atoms with Gasteiger partial charge < -0.3 is 15.1 Å². The minimum Gasteiger partial charge on any atom is -0.352 e. The molecule has 0 bridgehead atoms. The number of piperazine rings is 1. The number of aryl methyl sites for hydroxylation is 1. The molecular weight excluding hydrogens is 376 g/mol. The maximum absolute atomic E-state index is 12.6. The first-order chi connectivity index (χ1) is 14.7. The van der Waals surface area contributed by atoms with Crippen LogP contribution in [0, 0.1) is 12.8 Å². The van der Waals surface area contributed by atoms with Gasteiger partial charge in [-0.1, -0.05) is 32.1 Å². The molecule has 0 aromatic carbocycles. The summed E-state index contributed by atoms with van der Waals surface area (Å²) in [5.41, 5.74) is 1.14. The van der Waals surface area contributed by atoms with Gasteiger partial charge in [-0.25, -0.2) is 4.98 Å². The number of nitrogens with zero attached hydrogens (tertiary/aromatic N) is 5. The van der Waals surface area contributed by atoms with Crippen LogP contribution in [0.3, 0.4) is 0 Å². The van der Waals surface area contributed by atoms with Gasteiger partial charge in [0.25, 0.3) is 0 Å². The third kappa shape index (κ3) is 5.46. The van der Waals surface area contributed by atoms with Crippen LogP contribution in [0.4, 0.5) is 17.5 Å². The Morgan fingerprint density at radius 1 is 1.03 bits per heavy atom. The average Bonchev–Trinajstić information content (AvgIpc) is 2.79. The summed E-state index contributed by atoms with van der Waals surface area (Å²) in [5, 5.41) is 11.8. The highest BCUT2D eigenvalue weighted by molar-refractivity contribution is 5.76. The van der Waals surface area contributed by atoms with Crippen LogP contribution in [0.25, 0.3) is 0 Å². The monoisotopic (exact) mass is 408 g/mol. The van der Waals surface area contributed by atoms with E-state index in [1.165, 1.54) is 32.1 Å². The van der Waals surface area contributed by atoms with Crippen molar-refractivity contribution in [2.75, 3.05) is 36.4 Å². The summed E-state index contributed by atoms with van der Waals surface area (Å²) >= 11 is 0. The number of anilines is 3. The molecule has 2 fully saturated rings. The molecule has 1 amide bonds. The molecule has 0 atom stereocenters. The van der Waals surface area contributed by atoms with Crippen LogP contribution in [0.15, 0.2) is 30.5 Å². The Bertz CT molecular complexity index is 826. The standard InChI is InChI=1S/C23H32N6O/c1-18-11-12-24-21(17-18)25-20-8-9-22(27-26-20)28-13-15-29(16-14-28)23(30)10-7-19-5-3-2-4-6-19/h8-9,11-12,17,19H,2-7,10,13-16H2,1H3,(H,24,25,26). The molecule has 0 unspecified atom stereocenters. The Labute approximate surface area is 178 Å². The number of hydrogen-bond donors (Lipinski definition) is 1. The predicted octanol–water partition coefficient (Wildman–Crippen LogP) is 3.93. The van der Waals surface area contributed by atoms with Crippen molar-refractivity contribution in [2.45, 2.75) is 51.9 Å². The van der Waals surface area contributed by atoms with Crippen LogP contribution >= 0.6 is 0 Å². The summed E-state index contributed by atoms with van der Waals surface area (Å²) in [6.45, 7) is 5.16. The van der Waals surface area contributed by atoms with Crippen molar-refractivity contribution in [3.63, 3.8) is 0 Å². The zero-order chi connectivity index (χ0) is 20.8. The highest BCUT2D eigenvalue weighted by Crippen LogP contribution is 2.27. The first kappa shape index (κ1) is 20.6. The lowest BCUT2D eigenvalue weighted by Crippen LogP contribution is -2.49. The second-order valence-corrected chi connectivity index (χ2v) is 8.53. The Morgan fingerprint density at radius 2 is 1.83 bits per heavy atom. The van der Waals surface area contributed by atoms with Gasteiger partial charge in [-0.15, -0.1) is 10.2 Å². The molecule has 2 aromatic rings. The molecule has 4 rings (SSSR count). The Hall–Kier alpha value is -2.70. The van der Waals surface area contributed by atoms with Gasteiger partial charge >= 0.3 is 0 Å². The maximum Gasteiger partial charge on any atom is 0.222 e. The van der Waals surface area contributed by atoms with E-state index in [4.69, 9.17) is 0 Å². The number of hydrogen-bond acceptors (Lipinski definition) is 6. The molecule has 2 aromatic heterocycles. The Morgan fingerprint density at radius 3 is 2.53 bits per heavy atom. The number of rotatable bonds is 6. The van der Waals surface area contributed by atoms with E-state index in [2.05, 4.69) is 25.4 Å². The van der Waals surface area contributed by atoms with Crippen molar-refractivity contribution in [1.29, 1.82) is 0 Å². The molecule has 1 N–H and O–H groups in total. The summed E-state index contributed by atoms with van der Waals surface area (Å²) < 4.78 is 0. The van der Waals surface area contributed by atoms with Crippen molar-refractivity contribution < 1.29 is 4.79 Å². The van der Waals surface area contributed by atoms with Crippen molar-refractivity contribution in [3.8, 4) is 0 Å². The van der Waals surface area contributed by atoms with E-state index in [1.54, 1.807) is 6.20 Å². The summed E-state index contributed by atoms with van der Waals surface area (Å²) in [4.78, 5) is 21.1. The Balaban J connectivity index is 1.24. The summed E-state index contributed by atoms with van der Waals surface area (Å²) in [6, 6.07) is 7.83. The lowest BCUT2D eigenvalue weighted by molar-refractivity contribution is -0.131. The number of carbonyl (C=O) groups is 1. The van der Waals surface area contributed by atoms with Gasteiger partial charge in [0, 0.05) is 38.8 Å². The topological polar surface area (TPSA) is 74.2 Å². The van der Waals surface area contributed by atoms with E-state index >= 15 is 0 Å². The van der Waals surface area contributed by atoms with Crippen LogP contribution < -0.4 is 10.2 Å². The van der Waals surface area contributed by atoms with E-state index in [-0.39, 0.29) is 0 Å². The van der Waals surface area contributed by atoms with Crippen LogP contribution in [0.2, 0.25) is 0 Å². The minimum atomic E-state index is 0.316. The average molecular weight is 409 g/mol. The lowest BCUT2D eigenvalue weighted by atomic mass is 9.86. The lowest BCUT2D eigenvalue weighted by Gasteiger charge is -2.35. The number of nitrogens with one attached hydrogen (secondary N) is 1. The summed E-state index contributed by atoms with van der Waals surface area (Å²) in [5.74, 6) is 3.37. The molecule has 1 aliphatic carbocycles. The van der Waals surface area contributed by atoms with Crippen molar-refractivity contribution in [1.82, 2.24) is 20.1 Å². The second-order valence-electron chi connectivity index (χ2n) is 8.53. The minimum absolute atomic E-state index is 0.316. The molecule has 160 valence electrons. The molecular formula is C23H32N6O. The van der Waals surface area contributed by atoms with Crippen molar-refractivity contribution in [3.05, 3.63) is 36.0 Å². The van der Waals surface area contributed by atoms with Gasteiger partial charge in [-0.05, 0) is 49.1 Å². The fourth-order valence-corrected chi connectivity index (χ4v) is 4.44. The van der Waals surface area contributed by atoms with Gasteiger partial charge in [0.15, 0.2) is 11.6 Å². The van der Waals surface area contributed by atoms with Crippen molar-refractivity contribution in [2.24, 2.45) is 5.92 Å². The van der Waals surface area contributed by atoms with Crippen LogP contribution in [-0.4, -0.2) is 52.2 Å². The first-order valence-corrected chi connectivity index (χ1v) is 11.2. The van der Waals surface area contributed by atoms with Gasteiger partial charge in [-0.2, -0.15) is 0 Å². The van der Waals surface area contributed by atoms with Crippen molar-refractivity contribution >= 4 is 23.4 Å². The normalized spacial score (nSPS) is 17.8. The maximum atomic E-state index is 12.6. The molecule has 7 nitrogen and oxygen atoms in total. The number of carbonyl (C=O) groups excluding carboxylic acids is 1. The van der Waals surface area contributed by atoms with Crippen LogP contribution in [0.5, 0.6) is 0 Å². The van der Waals surface area contributed by atoms with Crippen LogP contribution in [-0.2, 0) is 4.79 Å². The molecule has 2 aliphatic rings. The number of pyridine rings is 1. The fourth-order valence-electron chi connectivity index (χ4n) is 4.44. The van der Waals surface area contributed by atoms with E-state index in [9.17, 15) is 4.79 Å². The second kappa shape index (κ2) is 9.87. The Kier molecular flexibility index (Phi) is 6.77. The number of aromatic nitrogens is 3. The molecule has 3 heterocycles. The van der Waals surface area contributed by atoms with E-state index in [0.717, 1.165) is 55.7 Å². The fraction of sp³-hybridized carbons (Fsp3) is 0.565. The quantitative estimate of drug-likeness (QED) is 0.781. The molecule has 1 saturated carbocycles. The summed E-state index contributed by atoms with van der Waals surface area (Å²) in [6.07, 6.45) is 10.2. The van der Waals surface area contributed by atoms with Gasteiger partial charge in [0.1, 0.15) is 5.82 Å². The zero-order valence-corrected chi connectivity index (χ0v) is 17.9. The largest absolute Gasteiger partial charge is 0.352 e. The molecule has 0 spiro atoms. The first-order valence-electron chi connectivity index (χ1n) is 11.2. The molecule has 30 heavy (non-hydrogen) atoms. The van der Waals surface area contributed by atoms with E-state index < -0.39 is 0 Å². The third-order valence-corrected chi connectivity index (χ3v) is 6.27.